The van der Waals surface area contributed by atoms with Crippen LogP contribution in [0.4, 0.5) is 4.79 Å². The van der Waals surface area contributed by atoms with Gasteiger partial charge < -0.3 is 20.1 Å². The maximum Gasteiger partial charge on any atom is 0.328 e. The number of amides is 2. The van der Waals surface area contributed by atoms with Crippen LogP contribution in [0.5, 0.6) is 0 Å². The van der Waals surface area contributed by atoms with E-state index in [9.17, 15) is 14.4 Å². The van der Waals surface area contributed by atoms with Gasteiger partial charge in [-0.1, -0.05) is 0 Å². The molecule has 0 aliphatic carbocycles. The van der Waals surface area contributed by atoms with E-state index >= 15 is 0 Å². The Morgan fingerprint density at radius 1 is 0.833 bits per heavy atom. The fraction of sp³-hybridized carbons (Fsp3) is 0.800. The quantitative estimate of drug-likeness (QED) is 0.497. The van der Waals surface area contributed by atoms with Crippen molar-refractivity contribution < 1.29 is 23.9 Å². The molecule has 0 heterocycles. The van der Waals surface area contributed by atoms with Gasteiger partial charge in [0, 0.05) is 0 Å². The number of hydrogen-bond acceptors (Lipinski definition) is 7. The maximum absolute atomic E-state index is 12.2. The van der Waals surface area contributed by atoms with Crippen molar-refractivity contribution in [3.05, 3.63) is 0 Å². The van der Waals surface area contributed by atoms with E-state index in [4.69, 9.17) is 9.47 Å². The van der Waals surface area contributed by atoms with Crippen LogP contribution in [0.2, 0.25) is 0 Å². The van der Waals surface area contributed by atoms with Gasteiger partial charge in [0.15, 0.2) is 0 Å². The first-order valence-corrected chi connectivity index (χ1v) is 10.7. The fourth-order valence-electron chi connectivity index (χ4n) is 1.81. The van der Waals surface area contributed by atoms with Gasteiger partial charge in [0.1, 0.15) is 12.1 Å². The van der Waals surface area contributed by atoms with Crippen LogP contribution in [-0.2, 0) is 19.1 Å². The molecule has 0 aliphatic rings. The average Bonchev–Trinajstić information content (AvgIpc) is 2.55. The summed E-state index contributed by atoms with van der Waals surface area (Å²) >= 11 is 3.15. The molecule has 2 amide bonds. The maximum atomic E-state index is 12.2. The van der Waals surface area contributed by atoms with Crippen molar-refractivity contribution in [2.24, 2.45) is 0 Å². The van der Waals surface area contributed by atoms with Crippen molar-refractivity contribution in [3.63, 3.8) is 0 Å². The zero-order valence-electron chi connectivity index (χ0n) is 14.8. The van der Waals surface area contributed by atoms with Crippen molar-refractivity contribution >= 4 is 41.5 Å². The van der Waals surface area contributed by atoms with E-state index in [2.05, 4.69) is 10.6 Å². The fourth-order valence-corrected chi connectivity index (χ4v) is 2.76. The summed E-state index contributed by atoms with van der Waals surface area (Å²) < 4.78 is 9.94. The normalized spacial score (nSPS) is 12.8. The molecule has 0 aromatic carbocycles. The highest BCUT2D eigenvalue weighted by molar-refractivity contribution is 7.98. The third kappa shape index (κ3) is 9.92. The van der Waals surface area contributed by atoms with Crippen LogP contribution >= 0.6 is 23.5 Å². The number of hydrogen-bond donors (Lipinski definition) is 2. The monoisotopic (exact) mass is 380 g/mol. The van der Waals surface area contributed by atoms with Gasteiger partial charge in [-0.3, -0.25) is 0 Å². The zero-order valence-corrected chi connectivity index (χ0v) is 16.4. The Kier molecular flexibility index (Phi) is 13.6. The lowest BCUT2D eigenvalue weighted by molar-refractivity contribution is -0.145. The van der Waals surface area contributed by atoms with Gasteiger partial charge in [0.2, 0.25) is 0 Å². The first-order valence-electron chi connectivity index (χ1n) is 7.88. The predicted molar refractivity (Wildman–Crippen MR) is 98.5 cm³/mol. The Bertz CT molecular complexity index is 362. The molecule has 24 heavy (non-hydrogen) atoms. The van der Waals surface area contributed by atoms with Crippen molar-refractivity contribution in [2.75, 3.05) is 37.2 Å². The highest BCUT2D eigenvalue weighted by Gasteiger charge is 2.25. The molecule has 0 bridgehead atoms. The van der Waals surface area contributed by atoms with Crippen LogP contribution in [0.3, 0.4) is 0 Å². The second-order valence-electron chi connectivity index (χ2n) is 4.79. The number of esters is 2. The Morgan fingerprint density at radius 2 is 1.21 bits per heavy atom. The molecule has 9 heteroatoms. The summed E-state index contributed by atoms with van der Waals surface area (Å²) in [6.07, 6.45) is 4.76. The molecule has 0 saturated heterocycles. The first kappa shape index (κ1) is 22.9. The van der Waals surface area contributed by atoms with Gasteiger partial charge in [-0.15, -0.1) is 0 Å². The van der Waals surface area contributed by atoms with Crippen LogP contribution < -0.4 is 10.6 Å². The molecule has 0 spiro atoms. The number of thioether (sulfide) groups is 2. The molecule has 2 atom stereocenters. The standard InChI is InChI=1S/C15H28N2O5S2/c1-5-21-13(18)11(7-9-23-3)16-15(20)17-12(8-10-24-4)14(19)22-6-2/h11-12H,5-10H2,1-4H3,(H2,16,17,20). The van der Waals surface area contributed by atoms with Gasteiger partial charge in [-0.25, -0.2) is 14.4 Å². The Labute approximate surface area is 152 Å². The molecule has 140 valence electrons. The average molecular weight is 381 g/mol. The van der Waals surface area contributed by atoms with Gasteiger partial charge in [-0.05, 0) is 50.7 Å². The van der Waals surface area contributed by atoms with Crippen LogP contribution in [0.1, 0.15) is 26.7 Å². The van der Waals surface area contributed by atoms with Gasteiger partial charge in [0.25, 0.3) is 0 Å². The minimum Gasteiger partial charge on any atom is -0.464 e. The molecule has 2 N–H and O–H groups in total. The lowest BCUT2D eigenvalue weighted by Crippen LogP contribution is -2.52. The second-order valence-corrected chi connectivity index (χ2v) is 6.76. The topological polar surface area (TPSA) is 93.7 Å². The lowest BCUT2D eigenvalue weighted by atomic mass is 10.2. The van der Waals surface area contributed by atoms with E-state index in [1.54, 1.807) is 37.4 Å². The number of rotatable bonds is 12. The van der Waals surface area contributed by atoms with Crippen molar-refractivity contribution in [1.29, 1.82) is 0 Å². The molecule has 0 rings (SSSR count). The summed E-state index contributed by atoms with van der Waals surface area (Å²) in [6.45, 7) is 3.92. The Balaban J connectivity index is 4.72. The summed E-state index contributed by atoms with van der Waals surface area (Å²) in [5, 5.41) is 5.18. The van der Waals surface area contributed by atoms with E-state index in [1.807, 2.05) is 12.5 Å². The molecule has 0 aromatic rings. The molecular formula is C15H28N2O5S2. The zero-order chi connectivity index (χ0) is 18.4. The van der Waals surface area contributed by atoms with Crippen LogP contribution in [0, 0.1) is 0 Å². The number of carbonyl (C=O) groups excluding carboxylic acids is 3. The van der Waals surface area contributed by atoms with Gasteiger partial charge in [-0.2, -0.15) is 23.5 Å². The highest BCUT2D eigenvalue weighted by atomic mass is 32.2. The van der Waals surface area contributed by atoms with Gasteiger partial charge >= 0.3 is 18.0 Å². The third-order valence-electron chi connectivity index (χ3n) is 2.97. The molecule has 0 radical (unpaired) electrons. The Morgan fingerprint density at radius 3 is 1.50 bits per heavy atom. The minimum absolute atomic E-state index is 0.247. The molecule has 0 saturated carbocycles. The van der Waals surface area contributed by atoms with Crippen molar-refractivity contribution in [1.82, 2.24) is 10.6 Å². The first-order chi connectivity index (χ1) is 11.5. The lowest BCUT2D eigenvalue weighted by Gasteiger charge is -2.21. The van der Waals surface area contributed by atoms with Crippen molar-refractivity contribution in [2.45, 2.75) is 38.8 Å². The molecule has 7 nitrogen and oxygen atoms in total. The summed E-state index contributed by atoms with van der Waals surface area (Å²) in [6, 6.07) is -2.05. The van der Waals surface area contributed by atoms with E-state index in [-0.39, 0.29) is 13.2 Å². The van der Waals surface area contributed by atoms with E-state index in [1.165, 1.54) is 0 Å². The van der Waals surface area contributed by atoms with Crippen LogP contribution in [0.15, 0.2) is 0 Å². The van der Waals surface area contributed by atoms with Crippen LogP contribution in [0.25, 0.3) is 0 Å². The van der Waals surface area contributed by atoms with Crippen LogP contribution in [-0.4, -0.2) is 67.3 Å². The molecular weight excluding hydrogens is 352 g/mol. The summed E-state index contributed by atoms with van der Waals surface area (Å²) in [7, 11) is 0. The third-order valence-corrected chi connectivity index (χ3v) is 4.26. The minimum atomic E-state index is -0.735. The summed E-state index contributed by atoms with van der Waals surface area (Å²) in [5.74, 6) is 0.465. The number of nitrogens with one attached hydrogen (secondary N) is 2. The summed E-state index contributed by atoms with van der Waals surface area (Å²) in [5.41, 5.74) is 0. The smallest absolute Gasteiger partial charge is 0.328 e. The predicted octanol–water partition coefficient (Wildman–Crippen LogP) is 1.66. The number of ether oxygens (including phenoxy) is 2. The summed E-state index contributed by atoms with van der Waals surface area (Å²) in [4.78, 5) is 36.0. The van der Waals surface area contributed by atoms with E-state index in [0.717, 1.165) is 0 Å². The SMILES string of the molecule is CCOC(=O)C(CCSC)NC(=O)NC(CCSC)C(=O)OCC. The molecule has 0 fully saturated rings. The van der Waals surface area contributed by atoms with Gasteiger partial charge in [0.05, 0.1) is 13.2 Å². The molecule has 2 unspecified atom stereocenters. The largest absolute Gasteiger partial charge is 0.464 e. The van der Waals surface area contributed by atoms with E-state index in [0.29, 0.717) is 24.3 Å². The Hall–Kier alpha value is -1.09. The molecule has 0 aliphatic heterocycles. The molecule has 0 aromatic heterocycles. The number of urea groups is 1. The number of carbonyl (C=O) groups is 3. The second kappa shape index (κ2) is 14.3. The van der Waals surface area contributed by atoms with E-state index < -0.39 is 30.1 Å². The highest BCUT2D eigenvalue weighted by Crippen LogP contribution is 2.05. The van der Waals surface area contributed by atoms with Crippen molar-refractivity contribution in [3.8, 4) is 0 Å².